The van der Waals surface area contributed by atoms with Crippen LogP contribution in [0.15, 0.2) is 79.0 Å². The summed E-state index contributed by atoms with van der Waals surface area (Å²) in [5, 5.41) is 1.07. The summed E-state index contributed by atoms with van der Waals surface area (Å²) < 4.78 is 5.22. The molecule has 0 bridgehead atoms. The summed E-state index contributed by atoms with van der Waals surface area (Å²) in [6.07, 6.45) is 2.41. The summed E-state index contributed by atoms with van der Waals surface area (Å²) in [5.74, 6) is -0.359. The highest BCUT2D eigenvalue weighted by Gasteiger charge is 2.44. The van der Waals surface area contributed by atoms with Crippen molar-refractivity contribution in [1.82, 2.24) is 9.88 Å². The second-order valence-corrected chi connectivity index (χ2v) is 8.96. The van der Waals surface area contributed by atoms with E-state index >= 15 is 0 Å². The van der Waals surface area contributed by atoms with Crippen molar-refractivity contribution in [3.63, 3.8) is 0 Å². The molecule has 1 aliphatic heterocycles. The van der Waals surface area contributed by atoms with Crippen LogP contribution in [0.5, 0.6) is 5.75 Å². The van der Waals surface area contributed by atoms with Crippen molar-refractivity contribution < 1.29 is 19.1 Å². The first-order chi connectivity index (χ1) is 17.5. The number of rotatable bonds is 7. The monoisotopic (exact) mass is 481 g/mol. The van der Waals surface area contributed by atoms with E-state index < -0.39 is 6.04 Å². The highest BCUT2D eigenvalue weighted by Crippen LogP contribution is 2.28. The number of imide groups is 1. The number of nitrogens with one attached hydrogen (secondary N) is 1. The first kappa shape index (κ1) is 23.4. The van der Waals surface area contributed by atoms with Gasteiger partial charge in [-0.3, -0.25) is 14.4 Å². The van der Waals surface area contributed by atoms with Crippen LogP contribution in [0.4, 0.5) is 5.69 Å². The Kier molecular flexibility index (Phi) is 6.29. The van der Waals surface area contributed by atoms with Gasteiger partial charge in [0.25, 0.3) is 11.8 Å². The van der Waals surface area contributed by atoms with Gasteiger partial charge in [0.2, 0.25) is 5.91 Å². The number of nitrogens with zero attached hydrogens (tertiary/aromatic N) is 2. The minimum Gasteiger partial charge on any atom is -0.497 e. The van der Waals surface area contributed by atoms with E-state index in [1.54, 1.807) is 43.5 Å². The molecule has 1 fully saturated rings. The van der Waals surface area contributed by atoms with Crippen LogP contribution in [-0.2, 0) is 16.0 Å². The predicted octanol–water partition coefficient (Wildman–Crippen LogP) is 4.50. The highest BCUT2D eigenvalue weighted by atomic mass is 16.5. The molecule has 7 heteroatoms. The molecule has 3 amide bonds. The lowest BCUT2D eigenvalue weighted by Crippen LogP contribution is -2.46. The van der Waals surface area contributed by atoms with Crippen molar-refractivity contribution in [3.05, 3.63) is 95.7 Å². The Labute approximate surface area is 209 Å². The standard InChI is InChI=1S/C29H27N3O4/c1-19-7-11-22(12-8-19)32-27(33)17-26(29(32)35)31(28(34)20-9-13-23(36-2)14-10-20)16-15-21-18-30-25-6-4-3-5-24(21)25/h3-14,18,26,30H,15-17H2,1-2H3. The predicted molar refractivity (Wildman–Crippen MR) is 138 cm³/mol. The van der Waals surface area contributed by atoms with Gasteiger partial charge in [-0.15, -0.1) is 0 Å². The summed E-state index contributed by atoms with van der Waals surface area (Å²) in [4.78, 5) is 46.2. The molecule has 0 saturated carbocycles. The topological polar surface area (TPSA) is 82.7 Å². The molecule has 36 heavy (non-hydrogen) atoms. The third-order valence-corrected chi connectivity index (χ3v) is 6.69. The Bertz CT molecular complexity index is 1420. The number of carbonyl (C=O) groups excluding carboxylic acids is 3. The maximum Gasteiger partial charge on any atom is 0.257 e. The highest BCUT2D eigenvalue weighted by molar-refractivity contribution is 6.23. The fourth-order valence-electron chi connectivity index (χ4n) is 4.70. The molecule has 1 unspecified atom stereocenters. The van der Waals surface area contributed by atoms with Crippen molar-refractivity contribution in [2.45, 2.75) is 25.8 Å². The maximum atomic E-state index is 13.7. The maximum absolute atomic E-state index is 13.7. The molecule has 7 nitrogen and oxygen atoms in total. The molecule has 1 saturated heterocycles. The second-order valence-electron chi connectivity index (χ2n) is 8.96. The molecule has 3 aromatic carbocycles. The van der Waals surface area contributed by atoms with Crippen LogP contribution in [0.3, 0.4) is 0 Å². The Balaban J connectivity index is 1.45. The average Bonchev–Trinajstić information content (AvgIpc) is 3.45. The number of methoxy groups -OCH3 is 1. The van der Waals surface area contributed by atoms with Crippen LogP contribution < -0.4 is 9.64 Å². The summed E-state index contributed by atoms with van der Waals surface area (Å²) in [6.45, 7) is 2.23. The third kappa shape index (κ3) is 4.35. The number of H-pyrrole nitrogens is 1. The summed E-state index contributed by atoms with van der Waals surface area (Å²) in [6, 6.07) is 21.1. The Morgan fingerprint density at radius 2 is 1.75 bits per heavy atom. The van der Waals surface area contributed by atoms with Gasteiger partial charge >= 0.3 is 0 Å². The van der Waals surface area contributed by atoms with E-state index in [4.69, 9.17) is 4.74 Å². The van der Waals surface area contributed by atoms with Crippen molar-refractivity contribution in [2.24, 2.45) is 0 Å². The van der Waals surface area contributed by atoms with E-state index in [9.17, 15) is 14.4 Å². The smallest absolute Gasteiger partial charge is 0.257 e. The molecule has 1 aliphatic rings. The number of amides is 3. The minimum absolute atomic E-state index is 0.0531. The Morgan fingerprint density at radius 1 is 1.03 bits per heavy atom. The van der Waals surface area contributed by atoms with Crippen LogP contribution >= 0.6 is 0 Å². The summed E-state index contributed by atoms with van der Waals surface area (Å²) in [7, 11) is 1.56. The lowest BCUT2D eigenvalue weighted by Gasteiger charge is -2.28. The average molecular weight is 482 g/mol. The van der Waals surface area contributed by atoms with Gasteiger partial charge in [0, 0.05) is 29.2 Å². The normalized spacial score (nSPS) is 15.5. The third-order valence-electron chi connectivity index (χ3n) is 6.69. The van der Waals surface area contributed by atoms with E-state index in [1.807, 2.05) is 49.5 Å². The van der Waals surface area contributed by atoms with Gasteiger partial charge in [0.15, 0.2) is 0 Å². The number of fused-ring (bicyclic) bond motifs is 1. The molecule has 1 aromatic heterocycles. The summed E-state index contributed by atoms with van der Waals surface area (Å²) in [5.41, 5.74) is 4.04. The van der Waals surface area contributed by atoms with E-state index in [0.29, 0.717) is 23.4 Å². The Morgan fingerprint density at radius 3 is 2.47 bits per heavy atom. The van der Waals surface area contributed by atoms with E-state index in [0.717, 1.165) is 22.0 Å². The number of hydrogen-bond donors (Lipinski definition) is 1. The Hall–Kier alpha value is -4.39. The number of carbonyl (C=O) groups is 3. The molecule has 0 spiro atoms. The van der Waals surface area contributed by atoms with Gasteiger partial charge in [0.05, 0.1) is 19.2 Å². The zero-order valence-electron chi connectivity index (χ0n) is 20.2. The lowest BCUT2D eigenvalue weighted by molar-refractivity contribution is -0.122. The molecule has 0 aliphatic carbocycles. The molecule has 4 aromatic rings. The van der Waals surface area contributed by atoms with Gasteiger partial charge in [-0.25, -0.2) is 4.90 Å². The van der Waals surface area contributed by atoms with Crippen LogP contribution in [-0.4, -0.2) is 47.3 Å². The lowest BCUT2D eigenvalue weighted by atomic mass is 10.1. The zero-order valence-corrected chi connectivity index (χ0v) is 20.2. The van der Waals surface area contributed by atoms with E-state index in [-0.39, 0.29) is 30.7 Å². The number of aromatic amines is 1. The molecular formula is C29H27N3O4. The number of aryl methyl sites for hydroxylation is 1. The minimum atomic E-state index is -0.876. The van der Waals surface area contributed by atoms with E-state index in [1.165, 1.54) is 9.80 Å². The number of hydrogen-bond acceptors (Lipinski definition) is 4. The molecule has 182 valence electrons. The fraction of sp³-hybridized carbons (Fsp3) is 0.207. The first-order valence-corrected chi connectivity index (χ1v) is 11.9. The molecule has 5 rings (SSSR count). The molecular weight excluding hydrogens is 454 g/mol. The van der Waals surface area contributed by atoms with Crippen molar-refractivity contribution >= 4 is 34.3 Å². The number of para-hydroxylation sites is 1. The van der Waals surface area contributed by atoms with Crippen LogP contribution in [0, 0.1) is 6.92 Å². The van der Waals surface area contributed by atoms with Crippen molar-refractivity contribution in [2.75, 3.05) is 18.6 Å². The number of benzene rings is 3. The van der Waals surface area contributed by atoms with Gasteiger partial charge in [-0.1, -0.05) is 35.9 Å². The molecule has 1 atom stereocenters. The van der Waals surface area contributed by atoms with Crippen molar-refractivity contribution in [1.29, 1.82) is 0 Å². The second kappa shape index (κ2) is 9.70. The van der Waals surface area contributed by atoms with Crippen LogP contribution in [0.25, 0.3) is 10.9 Å². The van der Waals surface area contributed by atoms with Crippen LogP contribution in [0.2, 0.25) is 0 Å². The number of anilines is 1. The van der Waals surface area contributed by atoms with Gasteiger partial charge in [0.1, 0.15) is 11.8 Å². The zero-order chi connectivity index (χ0) is 25.2. The largest absolute Gasteiger partial charge is 0.497 e. The van der Waals surface area contributed by atoms with E-state index in [2.05, 4.69) is 4.98 Å². The number of ether oxygens (including phenoxy) is 1. The van der Waals surface area contributed by atoms with Gasteiger partial charge in [-0.05, 0) is 61.4 Å². The SMILES string of the molecule is COc1ccc(C(=O)N(CCc2c[nH]c3ccccc23)C2CC(=O)N(c3ccc(C)cc3)C2=O)cc1. The summed E-state index contributed by atoms with van der Waals surface area (Å²) >= 11 is 0. The quantitative estimate of drug-likeness (QED) is 0.394. The van der Waals surface area contributed by atoms with Crippen LogP contribution in [0.1, 0.15) is 27.9 Å². The molecule has 2 heterocycles. The van der Waals surface area contributed by atoms with Gasteiger partial charge in [-0.2, -0.15) is 0 Å². The fourth-order valence-corrected chi connectivity index (χ4v) is 4.70. The molecule has 0 radical (unpaired) electrons. The first-order valence-electron chi connectivity index (χ1n) is 11.9. The number of aromatic nitrogens is 1. The molecule has 1 N–H and O–H groups in total. The van der Waals surface area contributed by atoms with Gasteiger partial charge < -0.3 is 14.6 Å². The van der Waals surface area contributed by atoms with Crippen molar-refractivity contribution in [3.8, 4) is 5.75 Å².